The third-order valence-electron chi connectivity index (χ3n) is 3.85. The van der Waals surface area contributed by atoms with E-state index in [2.05, 4.69) is 27.5 Å². The van der Waals surface area contributed by atoms with Crippen LogP contribution in [0.25, 0.3) is 0 Å². The second-order valence-corrected chi connectivity index (χ2v) is 5.90. The van der Waals surface area contributed by atoms with E-state index in [4.69, 9.17) is 0 Å². The number of benzene rings is 1. The first-order chi connectivity index (χ1) is 10.4. The number of hydrogen-bond acceptors (Lipinski definition) is 4. The van der Waals surface area contributed by atoms with E-state index in [1.165, 1.54) is 0 Å². The number of nitrogens with one attached hydrogen (secondary N) is 2. The van der Waals surface area contributed by atoms with E-state index in [1.54, 1.807) is 0 Å². The van der Waals surface area contributed by atoms with Gasteiger partial charge in [-0.05, 0) is 32.5 Å². The van der Waals surface area contributed by atoms with Gasteiger partial charge in [0, 0.05) is 31.9 Å². The Bertz CT molecular complexity index is 551. The zero-order valence-electron chi connectivity index (χ0n) is 13.5. The molecule has 0 aliphatic carbocycles. The van der Waals surface area contributed by atoms with E-state index >= 15 is 0 Å². The largest absolute Gasteiger partial charge is 0.325 e. The Hall–Kier alpha value is -1.92. The van der Waals surface area contributed by atoms with Crippen molar-refractivity contribution in [2.75, 3.05) is 45.1 Å². The number of amides is 3. The van der Waals surface area contributed by atoms with Crippen LogP contribution in [-0.2, 0) is 4.79 Å². The monoisotopic (exact) mass is 304 g/mol. The van der Waals surface area contributed by atoms with Crippen LogP contribution in [0.1, 0.15) is 11.1 Å². The summed E-state index contributed by atoms with van der Waals surface area (Å²) in [4.78, 5) is 28.1. The molecule has 22 heavy (non-hydrogen) atoms. The van der Waals surface area contributed by atoms with Crippen LogP contribution >= 0.6 is 0 Å². The van der Waals surface area contributed by atoms with Crippen molar-refractivity contribution < 1.29 is 9.59 Å². The second kappa shape index (κ2) is 7.38. The van der Waals surface area contributed by atoms with Crippen molar-refractivity contribution in [2.45, 2.75) is 13.8 Å². The lowest BCUT2D eigenvalue weighted by Gasteiger charge is -2.31. The van der Waals surface area contributed by atoms with Gasteiger partial charge in [0.15, 0.2) is 0 Å². The first-order valence-electron chi connectivity index (χ1n) is 7.53. The number of carbonyl (C=O) groups is 2. The molecule has 1 aliphatic heterocycles. The van der Waals surface area contributed by atoms with Crippen LogP contribution < -0.4 is 10.6 Å². The molecule has 0 radical (unpaired) electrons. The van der Waals surface area contributed by atoms with E-state index in [-0.39, 0.29) is 12.5 Å². The summed E-state index contributed by atoms with van der Waals surface area (Å²) in [5, 5.41) is 5.10. The second-order valence-electron chi connectivity index (χ2n) is 5.90. The highest BCUT2D eigenvalue weighted by atomic mass is 16.2. The number of carbonyl (C=O) groups excluding carboxylic acids is 2. The van der Waals surface area contributed by atoms with Gasteiger partial charge in [-0.25, -0.2) is 4.79 Å². The van der Waals surface area contributed by atoms with E-state index in [1.807, 2.05) is 32.0 Å². The van der Waals surface area contributed by atoms with Crippen molar-refractivity contribution in [3.8, 4) is 0 Å². The third kappa shape index (κ3) is 4.82. The summed E-state index contributed by atoms with van der Waals surface area (Å²) in [6.07, 6.45) is 0. The Kier molecular flexibility index (Phi) is 5.51. The molecule has 0 atom stereocenters. The molecule has 6 nitrogen and oxygen atoms in total. The molecule has 1 heterocycles. The fraction of sp³-hybridized carbons (Fsp3) is 0.500. The maximum Gasteiger partial charge on any atom is 0.325 e. The van der Waals surface area contributed by atoms with Crippen LogP contribution in [-0.4, -0.2) is 61.5 Å². The molecule has 0 spiro atoms. The highest BCUT2D eigenvalue weighted by Crippen LogP contribution is 2.15. The molecule has 0 bridgehead atoms. The predicted octanol–water partition coefficient (Wildman–Crippen LogP) is 1.20. The number of piperazine rings is 1. The van der Waals surface area contributed by atoms with Crippen LogP contribution in [0.15, 0.2) is 18.2 Å². The third-order valence-corrected chi connectivity index (χ3v) is 3.85. The smallest absolute Gasteiger partial charge is 0.307 e. The minimum absolute atomic E-state index is 0.258. The Morgan fingerprint density at radius 2 is 1.82 bits per heavy atom. The number of imide groups is 1. The molecule has 0 aromatic heterocycles. The lowest BCUT2D eigenvalue weighted by atomic mass is 10.1. The van der Waals surface area contributed by atoms with Crippen LogP contribution in [0.4, 0.5) is 10.5 Å². The quantitative estimate of drug-likeness (QED) is 0.881. The summed E-state index contributed by atoms with van der Waals surface area (Å²) in [5.74, 6) is -0.271. The SMILES string of the molecule is Cc1ccc(NC(=O)NC(=O)CN2CCN(C)CC2)c(C)c1. The number of rotatable bonds is 3. The summed E-state index contributed by atoms with van der Waals surface area (Å²) in [6, 6.07) is 5.28. The lowest BCUT2D eigenvalue weighted by molar-refractivity contribution is -0.121. The van der Waals surface area contributed by atoms with Crippen molar-refractivity contribution in [3.05, 3.63) is 29.3 Å². The summed E-state index contributed by atoms with van der Waals surface area (Å²) in [7, 11) is 2.06. The normalized spacial score (nSPS) is 16.3. The maximum absolute atomic E-state index is 11.9. The molecule has 1 aliphatic rings. The zero-order chi connectivity index (χ0) is 16.1. The first kappa shape index (κ1) is 16.5. The van der Waals surface area contributed by atoms with Gasteiger partial charge in [0.25, 0.3) is 0 Å². The number of anilines is 1. The van der Waals surface area contributed by atoms with Crippen molar-refractivity contribution in [1.29, 1.82) is 0 Å². The number of hydrogen-bond donors (Lipinski definition) is 2. The van der Waals surface area contributed by atoms with Crippen LogP contribution in [0.3, 0.4) is 0 Å². The Labute approximate surface area is 131 Å². The molecular weight excluding hydrogens is 280 g/mol. The molecular formula is C16H24N4O2. The average Bonchev–Trinajstić information content (AvgIpc) is 2.44. The molecule has 1 fully saturated rings. The summed E-state index contributed by atoms with van der Waals surface area (Å²) < 4.78 is 0. The van der Waals surface area contributed by atoms with Gasteiger partial charge in [0.1, 0.15) is 0 Å². The number of aryl methyl sites for hydroxylation is 2. The minimum atomic E-state index is -0.480. The van der Waals surface area contributed by atoms with Gasteiger partial charge in [-0.2, -0.15) is 0 Å². The van der Waals surface area contributed by atoms with Crippen molar-refractivity contribution in [3.63, 3.8) is 0 Å². The van der Waals surface area contributed by atoms with Crippen LogP contribution in [0.2, 0.25) is 0 Å². The topological polar surface area (TPSA) is 64.7 Å². The fourth-order valence-electron chi connectivity index (χ4n) is 2.48. The Morgan fingerprint density at radius 1 is 1.14 bits per heavy atom. The zero-order valence-corrected chi connectivity index (χ0v) is 13.5. The van der Waals surface area contributed by atoms with Gasteiger partial charge in [-0.3, -0.25) is 15.0 Å². The molecule has 120 valence electrons. The van der Waals surface area contributed by atoms with E-state index in [0.29, 0.717) is 0 Å². The average molecular weight is 304 g/mol. The molecule has 3 amide bonds. The molecule has 6 heteroatoms. The molecule has 0 unspecified atom stereocenters. The van der Waals surface area contributed by atoms with Gasteiger partial charge >= 0.3 is 6.03 Å². The predicted molar refractivity (Wildman–Crippen MR) is 87.0 cm³/mol. The van der Waals surface area contributed by atoms with Gasteiger partial charge in [0.2, 0.25) is 5.91 Å². The van der Waals surface area contributed by atoms with Gasteiger partial charge in [-0.1, -0.05) is 17.7 Å². The number of nitrogens with zero attached hydrogens (tertiary/aromatic N) is 2. The highest BCUT2D eigenvalue weighted by Gasteiger charge is 2.17. The highest BCUT2D eigenvalue weighted by molar-refractivity contribution is 6.02. The lowest BCUT2D eigenvalue weighted by Crippen LogP contribution is -2.49. The summed E-state index contributed by atoms with van der Waals surface area (Å²) in [6.45, 7) is 7.77. The molecule has 0 saturated carbocycles. The van der Waals surface area contributed by atoms with Crippen molar-refractivity contribution in [2.24, 2.45) is 0 Å². The van der Waals surface area contributed by atoms with E-state index in [0.717, 1.165) is 43.0 Å². The Balaban J connectivity index is 1.80. The summed E-state index contributed by atoms with van der Waals surface area (Å²) >= 11 is 0. The Morgan fingerprint density at radius 3 is 2.45 bits per heavy atom. The number of likely N-dealkylation sites (N-methyl/N-ethyl adjacent to an activating group) is 1. The summed E-state index contributed by atoms with van der Waals surface area (Å²) in [5.41, 5.74) is 2.83. The van der Waals surface area contributed by atoms with Crippen molar-refractivity contribution in [1.82, 2.24) is 15.1 Å². The number of urea groups is 1. The molecule has 1 saturated heterocycles. The van der Waals surface area contributed by atoms with Crippen molar-refractivity contribution >= 4 is 17.6 Å². The van der Waals surface area contributed by atoms with E-state index < -0.39 is 6.03 Å². The molecule has 2 rings (SSSR count). The molecule has 2 N–H and O–H groups in total. The molecule has 1 aromatic carbocycles. The van der Waals surface area contributed by atoms with Crippen LogP contribution in [0.5, 0.6) is 0 Å². The first-order valence-corrected chi connectivity index (χ1v) is 7.53. The fourth-order valence-corrected chi connectivity index (χ4v) is 2.48. The minimum Gasteiger partial charge on any atom is -0.307 e. The van der Waals surface area contributed by atoms with Gasteiger partial charge in [-0.15, -0.1) is 0 Å². The maximum atomic E-state index is 11.9. The van der Waals surface area contributed by atoms with Gasteiger partial charge in [0.05, 0.1) is 6.54 Å². The standard InChI is InChI=1S/C16H24N4O2/c1-12-4-5-14(13(2)10-12)17-16(22)18-15(21)11-20-8-6-19(3)7-9-20/h4-5,10H,6-9,11H2,1-3H3,(H2,17,18,21,22). The van der Waals surface area contributed by atoms with Crippen LogP contribution in [0, 0.1) is 13.8 Å². The van der Waals surface area contributed by atoms with E-state index in [9.17, 15) is 9.59 Å². The van der Waals surface area contributed by atoms with Gasteiger partial charge < -0.3 is 10.2 Å². The molecule has 1 aromatic rings.